The zero-order valence-corrected chi connectivity index (χ0v) is 9.02. The average molecular weight is 206 g/mol. The van der Waals surface area contributed by atoms with E-state index < -0.39 is 0 Å². The minimum Gasteiger partial charge on any atom is -0.299 e. The summed E-state index contributed by atoms with van der Waals surface area (Å²) in [6.07, 6.45) is 8.26. The number of piperidine rings is 1. The summed E-state index contributed by atoms with van der Waals surface area (Å²) >= 11 is 0. The van der Waals surface area contributed by atoms with Gasteiger partial charge >= 0.3 is 0 Å². The van der Waals surface area contributed by atoms with Gasteiger partial charge in [-0.3, -0.25) is 4.84 Å². The van der Waals surface area contributed by atoms with Crippen LogP contribution in [0.25, 0.3) is 0 Å². The van der Waals surface area contributed by atoms with E-state index in [0.29, 0.717) is 0 Å². The Kier molecular flexibility index (Phi) is 5.07. The highest BCUT2D eigenvalue weighted by atomic mass is 35.5. The Morgan fingerprint density at radius 2 is 1.69 bits per heavy atom. The summed E-state index contributed by atoms with van der Waals surface area (Å²) in [6, 6.07) is 0. The first-order valence-electron chi connectivity index (χ1n) is 5.33. The average Bonchev–Trinajstić information content (AvgIpc) is 2.04. The molecule has 0 N–H and O–H groups in total. The fourth-order valence-electron chi connectivity index (χ4n) is 1.86. The molecule has 1 saturated carbocycles. The maximum absolute atomic E-state index is 5.72. The van der Waals surface area contributed by atoms with Gasteiger partial charge in [0.05, 0.1) is 6.61 Å². The van der Waals surface area contributed by atoms with Crippen LogP contribution in [-0.2, 0) is 4.84 Å². The first-order chi connectivity index (χ1) is 5.95. The Morgan fingerprint density at radius 3 is 2.23 bits per heavy atom. The number of hydroxylamine groups is 2. The van der Waals surface area contributed by atoms with Gasteiger partial charge in [-0.2, -0.15) is 5.06 Å². The lowest BCUT2D eigenvalue weighted by Gasteiger charge is -2.30. The molecule has 2 rings (SSSR count). The van der Waals surface area contributed by atoms with Gasteiger partial charge in [0.1, 0.15) is 0 Å². The SMILES string of the molecule is C1CCN(OCC2CCC2)CC1.Cl. The Labute approximate surface area is 87.0 Å². The molecule has 0 bridgehead atoms. The van der Waals surface area contributed by atoms with Crippen LogP contribution in [0.3, 0.4) is 0 Å². The molecule has 0 atom stereocenters. The standard InChI is InChI=1S/C10H19NO.ClH/c1-2-7-11(8-3-1)12-9-10-5-4-6-10;/h10H,1-9H2;1H. The van der Waals surface area contributed by atoms with Crippen molar-refractivity contribution >= 4 is 12.4 Å². The van der Waals surface area contributed by atoms with Crippen molar-refractivity contribution in [2.24, 2.45) is 5.92 Å². The maximum atomic E-state index is 5.72. The van der Waals surface area contributed by atoms with Crippen molar-refractivity contribution in [3.8, 4) is 0 Å². The molecule has 2 fully saturated rings. The van der Waals surface area contributed by atoms with E-state index in [1.165, 1.54) is 38.5 Å². The van der Waals surface area contributed by atoms with E-state index in [1.54, 1.807) is 0 Å². The van der Waals surface area contributed by atoms with E-state index in [-0.39, 0.29) is 12.4 Å². The topological polar surface area (TPSA) is 12.5 Å². The highest BCUT2D eigenvalue weighted by molar-refractivity contribution is 5.85. The summed E-state index contributed by atoms with van der Waals surface area (Å²) < 4.78 is 0. The molecule has 2 nitrogen and oxygen atoms in total. The molecule has 0 amide bonds. The van der Waals surface area contributed by atoms with Crippen LogP contribution < -0.4 is 0 Å². The molecule has 0 unspecified atom stereocenters. The highest BCUT2D eigenvalue weighted by Gasteiger charge is 2.19. The molecular weight excluding hydrogens is 186 g/mol. The van der Waals surface area contributed by atoms with Crippen molar-refractivity contribution in [2.45, 2.75) is 38.5 Å². The maximum Gasteiger partial charge on any atom is 0.0713 e. The Bertz CT molecular complexity index is 133. The second kappa shape index (κ2) is 5.84. The van der Waals surface area contributed by atoms with Crippen LogP contribution in [0.5, 0.6) is 0 Å². The molecule has 0 aromatic rings. The molecule has 1 heterocycles. The monoisotopic (exact) mass is 205 g/mol. The van der Waals surface area contributed by atoms with Crippen molar-refractivity contribution in [2.75, 3.05) is 19.7 Å². The fraction of sp³-hybridized carbons (Fsp3) is 1.00. The summed E-state index contributed by atoms with van der Waals surface area (Å²) in [5, 5.41) is 2.17. The third-order valence-corrected chi connectivity index (χ3v) is 3.03. The summed E-state index contributed by atoms with van der Waals surface area (Å²) in [5.41, 5.74) is 0. The van der Waals surface area contributed by atoms with Gasteiger partial charge in [-0.05, 0) is 31.6 Å². The van der Waals surface area contributed by atoms with Crippen molar-refractivity contribution in [1.82, 2.24) is 5.06 Å². The third-order valence-electron chi connectivity index (χ3n) is 3.03. The predicted molar refractivity (Wildman–Crippen MR) is 56.0 cm³/mol. The lowest BCUT2D eigenvalue weighted by Crippen LogP contribution is -2.32. The molecule has 78 valence electrons. The van der Waals surface area contributed by atoms with E-state index in [1.807, 2.05) is 0 Å². The zero-order chi connectivity index (χ0) is 8.23. The van der Waals surface area contributed by atoms with Crippen molar-refractivity contribution in [1.29, 1.82) is 0 Å². The normalized spacial score (nSPS) is 24.9. The summed E-state index contributed by atoms with van der Waals surface area (Å²) in [6.45, 7) is 3.30. The Balaban J connectivity index is 0.000000845. The van der Waals surface area contributed by atoms with Crippen LogP contribution in [0.4, 0.5) is 0 Å². The molecule has 1 aliphatic heterocycles. The highest BCUT2D eigenvalue weighted by Crippen LogP contribution is 2.26. The number of hydrogen-bond acceptors (Lipinski definition) is 2. The van der Waals surface area contributed by atoms with E-state index in [2.05, 4.69) is 5.06 Å². The van der Waals surface area contributed by atoms with Crippen molar-refractivity contribution in [3.63, 3.8) is 0 Å². The van der Waals surface area contributed by atoms with Gasteiger partial charge in [0.25, 0.3) is 0 Å². The quantitative estimate of drug-likeness (QED) is 0.703. The minimum atomic E-state index is 0. The summed E-state index contributed by atoms with van der Waals surface area (Å²) in [7, 11) is 0. The second-order valence-corrected chi connectivity index (χ2v) is 4.08. The van der Waals surface area contributed by atoms with Gasteiger partial charge in [0.2, 0.25) is 0 Å². The molecule has 1 saturated heterocycles. The van der Waals surface area contributed by atoms with Crippen LogP contribution in [0.2, 0.25) is 0 Å². The van der Waals surface area contributed by atoms with Gasteiger partial charge < -0.3 is 0 Å². The summed E-state index contributed by atoms with van der Waals surface area (Å²) in [5.74, 6) is 0.881. The van der Waals surface area contributed by atoms with E-state index in [0.717, 1.165) is 25.6 Å². The molecule has 0 aromatic heterocycles. The molecule has 1 aliphatic carbocycles. The van der Waals surface area contributed by atoms with Crippen LogP contribution in [0, 0.1) is 5.92 Å². The lowest BCUT2D eigenvalue weighted by atomic mass is 9.86. The smallest absolute Gasteiger partial charge is 0.0713 e. The van der Waals surface area contributed by atoms with Crippen LogP contribution >= 0.6 is 12.4 Å². The molecular formula is C10H20ClNO. The van der Waals surface area contributed by atoms with Crippen molar-refractivity contribution in [3.05, 3.63) is 0 Å². The molecule has 0 aromatic carbocycles. The number of hydrogen-bond donors (Lipinski definition) is 0. The predicted octanol–water partition coefficient (Wildman–Crippen LogP) is 2.63. The van der Waals surface area contributed by atoms with E-state index in [9.17, 15) is 0 Å². The van der Waals surface area contributed by atoms with Crippen LogP contribution in [0.15, 0.2) is 0 Å². The molecule has 13 heavy (non-hydrogen) atoms. The third kappa shape index (κ3) is 3.45. The number of halogens is 1. The molecule has 2 aliphatic rings. The Morgan fingerprint density at radius 1 is 1.00 bits per heavy atom. The number of rotatable bonds is 3. The lowest BCUT2D eigenvalue weighted by molar-refractivity contribution is -0.183. The first-order valence-corrected chi connectivity index (χ1v) is 5.33. The van der Waals surface area contributed by atoms with Gasteiger partial charge in [0, 0.05) is 13.1 Å². The van der Waals surface area contributed by atoms with E-state index >= 15 is 0 Å². The Hall–Kier alpha value is 0.210. The fourth-order valence-corrected chi connectivity index (χ4v) is 1.86. The largest absolute Gasteiger partial charge is 0.299 e. The minimum absolute atomic E-state index is 0. The summed E-state index contributed by atoms with van der Waals surface area (Å²) in [4.78, 5) is 5.72. The molecule has 3 heteroatoms. The van der Waals surface area contributed by atoms with Gasteiger partial charge in [-0.1, -0.05) is 12.8 Å². The van der Waals surface area contributed by atoms with Gasteiger partial charge in [-0.25, -0.2) is 0 Å². The molecule has 0 spiro atoms. The number of nitrogens with zero attached hydrogens (tertiary/aromatic N) is 1. The van der Waals surface area contributed by atoms with Crippen molar-refractivity contribution < 1.29 is 4.84 Å². The van der Waals surface area contributed by atoms with Crippen LogP contribution in [0.1, 0.15) is 38.5 Å². The van der Waals surface area contributed by atoms with Gasteiger partial charge in [0.15, 0.2) is 0 Å². The first kappa shape index (κ1) is 11.3. The zero-order valence-electron chi connectivity index (χ0n) is 8.21. The van der Waals surface area contributed by atoms with Crippen LogP contribution in [-0.4, -0.2) is 24.8 Å². The molecule has 0 radical (unpaired) electrons. The second-order valence-electron chi connectivity index (χ2n) is 4.08. The van der Waals surface area contributed by atoms with Gasteiger partial charge in [-0.15, -0.1) is 12.4 Å². The van der Waals surface area contributed by atoms with E-state index in [4.69, 9.17) is 4.84 Å².